The first-order chi connectivity index (χ1) is 43.9. The Bertz CT molecular complexity index is 1770. The topological polar surface area (TPSA) is 237 Å². The van der Waals surface area contributed by atoms with Crippen molar-refractivity contribution in [1.82, 2.24) is 0 Å². The molecule has 0 heterocycles. The van der Waals surface area contributed by atoms with E-state index < -0.39 is 97.5 Å². The number of aliphatic hydroxyl groups is 1. The third-order valence-electron chi connectivity index (χ3n) is 16.7. The molecule has 0 aliphatic carbocycles. The molecule has 19 heteroatoms. The van der Waals surface area contributed by atoms with E-state index in [9.17, 15) is 43.2 Å². The third-order valence-corrected chi connectivity index (χ3v) is 18.6. The Morgan fingerprint density at radius 1 is 0.297 bits per heavy atom. The molecule has 0 saturated carbocycles. The molecule has 5 atom stereocenters. The van der Waals surface area contributed by atoms with Gasteiger partial charge in [0.1, 0.15) is 19.3 Å². The van der Waals surface area contributed by atoms with Crippen molar-refractivity contribution in [3.8, 4) is 0 Å². The number of hydrogen-bond acceptors (Lipinski definition) is 15. The average Bonchev–Trinajstić information content (AvgIpc) is 3.64. The van der Waals surface area contributed by atoms with Crippen molar-refractivity contribution in [2.45, 2.75) is 387 Å². The van der Waals surface area contributed by atoms with Crippen LogP contribution in [0.5, 0.6) is 0 Å². The SMILES string of the molecule is CCCCCCCCCCCCC(=O)O[C@H](COC(=O)CCCCCCC)COP(=O)(O)OC[C@H](O)COP(=O)(O)OC[C@@H](COC(=O)CCCCCCCCCCCCCCC(C)C)OC(=O)CCCCCCCCCCCCCCCCCCCCC(C)C. The summed E-state index contributed by atoms with van der Waals surface area (Å²) in [5, 5.41) is 10.6. The summed E-state index contributed by atoms with van der Waals surface area (Å²) in [6.45, 7) is 9.51. The number of esters is 4. The van der Waals surface area contributed by atoms with Crippen LogP contribution in [0, 0.1) is 11.8 Å². The van der Waals surface area contributed by atoms with Crippen molar-refractivity contribution in [2.24, 2.45) is 11.8 Å². The lowest BCUT2D eigenvalue weighted by Gasteiger charge is -2.21. The van der Waals surface area contributed by atoms with Crippen molar-refractivity contribution in [3.63, 3.8) is 0 Å². The van der Waals surface area contributed by atoms with Gasteiger partial charge in [0.15, 0.2) is 12.2 Å². The lowest BCUT2D eigenvalue weighted by atomic mass is 10.0. The largest absolute Gasteiger partial charge is 0.472 e. The van der Waals surface area contributed by atoms with Crippen molar-refractivity contribution >= 4 is 39.5 Å². The van der Waals surface area contributed by atoms with Crippen molar-refractivity contribution in [2.75, 3.05) is 39.6 Å². The molecule has 0 aromatic carbocycles. The number of phosphoric acid groups is 2. The van der Waals surface area contributed by atoms with Crippen molar-refractivity contribution in [3.05, 3.63) is 0 Å². The molecule has 0 aromatic rings. The summed E-state index contributed by atoms with van der Waals surface area (Å²) in [5.41, 5.74) is 0. The lowest BCUT2D eigenvalue weighted by molar-refractivity contribution is -0.161. The van der Waals surface area contributed by atoms with E-state index in [-0.39, 0.29) is 25.7 Å². The molecule has 17 nitrogen and oxygen atoms in total. The van der Waals surface area contributed by atoms with Crippen LogP contribution in [-0.2, 0) is 65.4 Å². The van der Waals surface area contributed by atoms with Crippen molar-refractivity contribution < 1.29 is 80.2 Å². The minimum Gasteiger partial charge on any atom is -0.462 e. The Labute approximate surface area is 556 Å². The summed E-state index contributed by atoms with van der Waals surface area (Å²) in [5.74, 6) is -0.531. The molecule has 0 spiro atoms. The summed E-state index contributed by atoms with van der Waals surface area (Å²) in [6.07, 6.45) is 50.4. The average molecular weight is 1340 g/mol. The van der Waals surface area contributed by atoms with Crippen LogP contribution in [0.3, 0.4) is 0 Å². The molecule has 540 valence electrons. The number of aliphatic hydroxyl groups excluding tert-OH is 1. The molecule has 0 aromatic heterocycles. The first-order valence-corrected chi connectivity index (χ1v) is 40.5. The molecule has 0 aliphatic rings. The first kappa shape index (κ1) is 89.1. The molecule has 0 saturated heterocycles. The van der Waals surface area contributed by atoms with Gasteiger partial charge in [0.2, 0.25) is 0 Å². The van der Waals surface area contributed by atoms with Crippen LogP contribution in [0.25, 0.3) is 0 Å². The van der Waals surface area contributed by atoms with E-state index in [0.717, 1.165) is 108 Å². The van der Waals surface area contributed by atoms with Crippen LogP contribution in [0.4, 0.5) is 0 Å². The number of rotatable bonds is 71. The number of unbranched alkanes of at least 4 members (excludes halogenated alkanes) is 41. The maximum Gasteiger partial charge on any atom is 0.472 e. The highest BCUT2D eigenvalue weighted by Gasteiger charge is 2.30. The Kier molecular flexibility index (Phi) is 62.7. The third kappa shape index (κ3) is 66.5. The van der Waals surface area contributed by atoms with Gasteiger partial charge < -0.3 is 33.8 Å². The molecule has 2 unspecified atom stereocenters. The second-order valence-electron chi connectivity index (χ2n) is 26.9. The molecule has 91 heavy (non-hydrogen) atoms. The van der Waals surface area contributed by atoms with E-state index in [1.807, 2.05) is 0 Å². The zero-order chi connectivity index (χ0) is 67.2. The van der Waals surface area contributed by atoms with E-state index in [1.54, 1.807) is 0 Å². The zero-order valence-corrected chi connectivity index (χ0v) is 60.9. The molecule has 0 amide bonds. The molecule has 0 radical (unpaired) electrons. The highest BCUT2D eigenvalue weighted by Crippen LogP contribution is 2.45. The van der Waals surface area contributed by atoms with Crippen molar-refractivity contribution in [1.29, 1.82) is 0 Å². The molecular formula is C72H140O17P2. The maximum absolute atomic E-state index is 13.1. The number of ether oxygens (including phenoxy) is 4. The summed E-state index contributed by atoms with van der Waals surface area (Å²) in [7, 11) is -9.89. The van der Waals surface area contributed by atoms with Crippen LogP contribution < -0.4 is 0 Å². The predicted octanol–water partition coefficient (Wildman–Crippen LogP) is 20.8. The van der Waals surface area contributed by atoms with Gasteiger partial charge in [-0.25, -0.2) is 9.13 Å². The van der Waals surface area contributed by atoms with E-state index in [0.29, 0.717) is 25.7 Å². The number of phosphoric ester groups is 2. The smallest absolute Gasteiger partial charge is 0.462 e. The van der Waals surface area contributed by atoms with Gasteiger partial charge in [-0.3, -0.25) is 37.3 Å². The van der Waals surface area contributed by atoms with Gasteiger partial charge in [0.25, 0.3) is 0 Å². The number of carbonyl (C=O) groups excluding carboxylic acids is 4. The molecular weight excluding hydrogens is 1200 g/mol. The molecule has 3 N–H and O–H groups in total. The van der Waals surface area contributed by atoms with E-state index >= 15 is 0 Å². The van der Waals surface area contributed by atoms with E-state index in [4.69, 9.17) is 37.0 Å². The van der Waals surface area contributed by atoms with Gasteiger partial charge in [-0.05, 0) is 37.5 Å². The van der Waals surface area contributed by atoms with Crippen LogP contribution >= 0.6 is 15.6 Å². The minimum absolute atomic E-state index is 0.105. The van der Waals surface area contributed by atoms with Crippen LogP contribution in [0.1, 0.15) is 369 Å². The van der Waals surface area contributed by atoms with Gasteiger partial charge in [0.05, 0.1) is 26.4 Å². The highest BCUT2D eigenvalue weighted by molar-refractivity contribution is 7.47. The quantitative estimate of drug-likeness (QED) is 0.0222. The second kappa shape index (κ2) is 64.1. The van der Waals surface area contributed by atoms with Crippen LogP contribution in [-0.4, -0.2) is 96.7 Å². The monoisotopic (exact) mass is 1340 g/mol. The predicted molar refractivity (Wildman–Crippen MR) is 368 cm³/mol. The van der Waals surface area contributed by atoms with Gasteiger partial charge in [0, 0.05) is 25.7 Å². The van der Waals surface area contributed by atoms with E-state index in [2.05, 4.69) is 41.5 Å². The Hall–Kier alpha value is -1.94. The van der Waals surface area contributed by atoms with E-state index in [1.165, 1.54) is 180 Å². The normalized spacial score (nSPS) is 14.1. The Balaban J connectivity index is 5.11. The summed E-state index contributed by atoms with van der Waals surface area (Å²) >= 11 is 0. The molecule has 0 fully saturated rings. The Morgan fingerprint density at radius 2 is 0.505 bits per heavy atom. The summed E-state index contributed by atoms with van der Waals surface area (Å²) in [4.78, 5) is 72.3. The molecule has 0 bridgehead atoms. The number of carbonyl (C=O) groups is 4. The van der Waals surface area contributed by atoms with Gasteiger partial charge in [-0.1, -0.05) is 318 Å². The fourth-order valence-corrected chi connectivity index (χ4v) is 12.5. The van der Waals surface area contributed by atoms with Crippen LogP contribution in [0.2, 0.25) is 0 Å². The Morgan fingerprint density at radius 3 is 0.747 bits per heavy atom. The molecule has 0 aliphatic heterocycles. The lowest BCUT2D eigenvalue weighted by Crippen LogP contribution is -2.30. The van der Waals surface area contributed by atoms with Gasteiger partial charge in [-0.2, -0.15) is 0 Å². The first-order valence-electron chi connectivity index (χ1n) is 37.5. The zero-order valence-electron chi connectivity index (χ0n) is 59.1. The summed E-state index contributed by atoms with van der Waals surface area (Å²) in [6, 6.07) is 0. The highest BCUT2D eigenvalue weighted by atomic mass is 31.2. The maximum atomic E-state index is 13.1. The number of hydrogen-bond donors (Lipinski definition) is 3. The molecule has 0 rings (SSSR count). The fraction of sp³-hybridized carbons (Fsp3) is 0.944. The fourth-order valence-electron chi connectivity index (χ4n) is 10.9. The van der Waals surface area contributed by atoms with Gasteiger partial charge >= 0.3 is 39.5 Å². The summed E-state index contributed by atoms with van der Waals surface area (Å²) < 4.78 is 68.1. The van der Waals surface area contributed by atoms with Gasteiger partial charge in [-0.15, -0.1) is 0 Å². The standard InChI is InChI=1S/C72H140O17P2/c1-7-9-11-13-14-15-32-38-44-50-56-71(76)88-67(60-82-69(74)54-48-40-12-10-8-2)62-86-90(78,79)84-58-66(73)59-85-91(80,81)87-63-68(61-83-70(75)55-49-43-37-33-28-25-24-27-31-36-42-47-53-65(5)6)89-72(77)57-51-45-39-34-29-23-21-19-17-16-18-20-22-26-30-35-41-46-52-64(3)4/h64-68,73H,7-63H2,1-6H3,(H,78,79)(H,80,81)/t66-,67+,68+/m0/s1. The second-order valence-corrected chi connectivity index (χ2v) is 29.8. The minimum atomic E-state index is -4.95. The van der Waals surface area contributed by atoms with Crippen LogP contribution in [0.15, 0.2) is 0 Å².